The van der Waals surface area contributed by atoms with Gasteiger partial charge >= 0.3 is 5.97 Å². The molecule has 2 fully saturated rings. The lowest BCUT2D eigenvalue weighted by Gasteiger charge is -2.28. The highest BCUT2D eigenvalue weighted by Crippen LogP contribution is 2.27. The molecule has 1 amide bonds. The van der Waals surface area contributed by atoms with Crippen LogP contribution in [0.4, 0.5) is 0 Å². The van der Waals surface area contributed by atoms with Crippen LogP contribution in [0.25, 0.3) is 0 Å². The predicted octanol–water partition coefficient (Wildman–Crippen LogP) is 0.944. The topological polar surface area (TPSA) is 67.9 Å². The molecule has 0 unspecified atom stereocenters. The van der Waals surface area contributed by atoms with Crippen LogP contribution in [-0.4, -0.2) is 62.3 Å². The summed E-state index contributed by atoms with van der Waals surface area (Å²) in [5.74, 6) is 0.0589. The zero-order valence-corrected chi connectivity index (χ0v) is 13.8. The summed E-state index contributed by atoms with van der Waals surface area (Å²) in [5.41, 5.74) is 0. The summed E-state index contributed by atoms with van der Waals surface area (Å²) in [7, 11) is 3.30. The Balaban J connectivity index is 1.66. The Morgan fingerprint density at radius 3 is 2.50 bits per heavy atom. The van der Waals surface area contributed by atoms with Crippen LogP contribution in [0.1, 0.15) is 39.0 Å². The molecule has 0 radical (unpaired) electrons. The SMILES string of the molecule is COC(=O)[C@H]1CC[C@H](OC[C@@H]2C[C@H](N(C)C(C)=O)CN2)CC1. The van der Waals surface area contributed by atoms with E-state index in [2.05, 4.69) is 5.32 Å². The van der Waals surface area contributed by atoms with Gasteiger partial charge in [-0.25, -0.2) is 0 Å². The van der Waals surface area contributed by atoms with Crippen molar-refractivity contribution in [3.05, 3.63) is 0 Å². The number of carbonyl (C=O) groups is 2. The van der Waals surface area contributed by atoms with Gasteiger partial charge < -0.3 is 19.7 Å². The summed E-state index contributed by atoms with van der Waals surface area (Å²) < 4.78 is 10.8. The second kappa shape index (κ2) is 7.92. The van der Waals surface area contributed by atoms with Gasteiger partial charge in [0.25, 0.3) is 0 Å². The Bertz CT molecular complexity index is 394. The molecule has 2 aliphatic rings. The number of ether oxygens (including phenoxy) is 2. The maximum Gasteiger partial charge on any atom is 0.308 e. The number of hydrogen-bond donors (Lipinski definition) is 1. The van der Waals surface area contributed by atoms with Crippen LogP contribution in [0.5, 0.6) is 0 Å². The fraction of sp³-hybridized carbons (Fsp3) is 0.875. The second-order valence-electron chi connectivity index (χ2n) is 6.45. The Labute approximate surface area is 132 Å². The molecule has 6 heteroatoms. The average molecular weight is 312 g/mol. The second-order valence-corrected chi connectivity index (χ2v) is 6.45. The average Bonchev–Trinajstić information content (AvgIpc) is 3.00. The van der Waals surface area contributed by atoms with Gasteiger partial charge in [0, 0.05) is 32.6 Å². The molecule has 22 heavy (non-hydrogen) atoms. The van der Waals surface area contributed by atoms with Crippen molar-refractivity contribution in [1.29, 1.82) is 0 Å². The van der Waals surface area contributed by atoms with Gasteiger partial charge in [0.05, 0.1) is 25.7 Å². The summed E-state index contributed by atoms with van der Waals surface area (Å²) in [6, 6.07) is 0.575. The van der Waals surface area contributed by atoms with E-state index >= 15 is 0 Å². The van der Waals surface area contributed by atoms with Crippen LogP contribution in [0.15, 0.2) is 0 Å². The lowest BCUT2D eigenvalue weighted by Crippen LogP contribution is -2.36. The van der Waals surface area contributed by atoms with E-state index in [1.54, 1.807) is 11.8 Å². The zero-order valence-electron chi connectivity index (χ0n) is 13.8. The smallest absolute Gasteiger partial charge is 0.308 e. The van der Waals surface area contributed by atoms with Gasteiger partial charge in [-0.3, -0.25) is 9.59 Å². The number of methoxy groups -OCH3 is 1. The van der Waals surface area contributed by atoms with E-state index in [0.29, 0.717) is 12.6 Å². The molecule has 1 heterocycles. The number of esters is 1. The summed E-state index contributed by atoms with van der Waals surface area (Å²) >= 11 is 0. The zero-order chi connectivity index (χ0) is 16.1. The lowest BCUT2D eigenvalue weighted by molar-refractivity contribution is -0.147. The van der Waals surface area contributed by atoms with Crippen LogP contribution in [0, 0.1) is 5.92 Å². The Hall–Kier alpha value is -1.14. The third-order valence-corrected chi connectivity index (χ3v) is 4.99. The van der Waals surface area contributed by atoms with Crippen molar-refractivity contribution in [3.63, 3.8) is 0 Å². The first-order valence-electron chi connectivity index (χ1n) is 8.17. The molecule has 2 rings (SSSR count). The van der Waals surface area contributed by atoms with Crippen molar-refractivity contribution < 1.29 is 19.1 Å². The number of carbonyl (C=O) groups excluding carboxylic acids is 2. The summed E-state index contributed by atoms with van der Waals surface area (Å²) in [4.78, 5) is 24.7. The van der Waals surface area contributed by atoms with Crippen LogP contribution in [0.2, 0.25) is 0 Å². The first-order valence-corrected chi connectivity index (χ1v) is 8.17. The van der Waals surface area contributed by atoms with Gasteiger partial charge in [0.15, 0.2) is 0 Å². The monoisotopic (exact) mass is 312 g/mol. The molecule has 0 bridgehead atoms. The number of likely N-dealkylation sites (N-methyl/N-ethyl adjacent to an activating group) is 1. The fourth-order valence-electron chi connectivity index (χ4n) is 3.36. The maximum absolute atomic E-state index is 11.5. The number of nitrogens with zero attached hydrogens (tertiary/aromatic N) is 1. The number of nitrogens with one attached hydrogen (secondary N) is 1. The highest BCUT2D eigenvalue weighted by Gasteiger charge is 2.31. The molecular weight excluding hydrogens is 284 g/mol. The highest BCUT2D eigenvalue weighted by molar-refractivity contribution is 5.73. The molecule has 1 saturated carbocycles. The third-order valence-electron chi connectivity index (χ3n) is 4.99. The van der Waals surface area contributed by atoms with Gasteiger partial charge in [0.2, 0.25) is 5.91 Å². The quantitative estimate of drug-likeness (QED) is 0.765. The van der Waals surface area contributed by atoms with Crippen molar-refractivity contribution >= 4 is 11.9 Å². The first kappa shape index (κ1) is 17.2. The minimum atomic E-state index is -0.0916. The van der Waals surface area contributed by atoms with E-state index in [1.807, 2.05) is 7.05 Å². The van der Waals surface area contributed by atoms with E-state index in [1.165, 1.54) is 7.11 Å². The van der Waals surface area contributed by atoms with Gasteiger partial charge in [-0.2, -0.15) is 0 Å². The number of hydrogen-bond acceptors (Lipinski definition) is 5. The summed E-state index contributed by atoms with van der Waals surface area (Å²) in [6.45, 7) is 3.11. The summed E-state index contributed by atoms with van der Waals surface area (Å²) in [6.07, 6.45) is 4.73. The van der Waals surface area contributed by atoms with E-state index in [9.17, 15) is 9.59 Å². The number of amides is 1. The predicted molar refractivity (Wildman–Crippen MR) is 82.4 cm³/mol. The van der Waals surface area contributed by atoms with Crippen molar-refractivity contribution in [2.24, 2.45) is 5.92 Å². The van der Waals surface area contributed by atoms with E-state index in [-0.39, 0.29) is 29.9 Å². The lowest BCUT2D eigenvalue weighted by atomic mass is 9.87. The Morgan fingerprint density at radius 2 is 1.91 bits per heavy atom. The van der Waals surface area contributed by atoms with E-state index in [4.69, 9.17) is 9.47 Å². The molecule has 126 valence electrons. The van der Waals surface area contributed by atoms with Gasteiger partial charge in [0.1, 0.15) is 0 Å². The molecule has 1 saturated heterocycles. The largest absolute Gasteiger partial charge is 0.469 e. The van der Waals surface area contributed by atoms with Crippen molar-refractivity contribution in [2.45, 2.75) is 57.2 Å². The van der Waals surface area contributed by atoms with Gasteiger partial charge in [-0.05, 0) is 32.1 Å². The standard InChI is InChI=1S/C16H28N2O4/c1-11(19)18(2)14-8-13(17-9-14)10-22-15-6-4-12(5-7-15)16(20)21-3/h12-15,17H,4-10H2,1-3H3/t12-,13-,14-,15-/m0/s1. The molecule has 0 aromatic rings. The fourth-order valence-corrected chi connectivity index (χ4v) is 3.36. The minimum Gasteiger partial charge on any atom is -0.469 e. The molecule has 0 aromatic carbocycles. The normalized spacial score (nSPS) is 31.8. The Kier molecular flexibility index (Phi) is 6.20. The van der Waals surface area contributed by atoms with Crippen LogP contribution in [-0.2, 0) is 19.1 Å². The van der Waals surface area contributed by atoms with Crippen molar-refractivity contribution in [3.8, 4) is 0 Å². The molecule has 2 atom stereocenters. The number of rotatable bonds is 5. The molecule has 6 nitrogen and oxygen atoms in total. The molecule has 0 aromatic heterocycles. The third kappa shape index (κ3) is 4.43. The van der Waals surface area contributed by atoms with Gasteiger partial charge in [-0.1, -0.05) is 0 Å². The van der Waals surface area contributed by atoms with Crippen LogP contribution >= 0.6 is 0 Å². The van der Waals surface area contributed by atoms with E-state index < -0.39 is 0 Å². The van der Waals surface area contributed by atoms with Gasteiger partial charge in [-0.15, -0.1) is 0 Å². The molecule has 0 spiro atoms. The van der Waals surface area contributed by atoms with Crippen LogP contribution in [0.3, 0.4) is 0 Å². The first-order chi connectivity index (χ1) is 10.5. The molecule has 1 aliphatic heterocycles. The Morgan fingerprint density at radius 1 is 1.23 bits per heavy atom. The van der Waals surface area contributed by atoms with Crippen LogP contribution < -0.4 is 5.32 Å². The molecular formula is C16H28N2O4. The maximum atomic E-state index is 11.5. The van der Waals surface area contributed by atoms with Crippen molar-refractivity contribution in [2.75, 3.05) is 27.3 Å². The molecule has 1 N–H and O–H groups in total. The van der Waals surface area contributed by atoms with E-state index in [0.717, 1.165) is 38.6 Å². The van der Waals surface area contributed by atoms with Crippen molar-refractivity contribution in [1.82, 2.24) is 10.2 Å². The summed E-state index contributed by atoms with van der Waals surface area (Å²) in [5, 5.41) is 3.43. The molecule has 1 aliphatic carbocycles. The minimum absolute atomic E-state index is 0.0445. The highest BCUT2D eigenvalue weighted by atomic mass is 16.5.